The Kier molecular flexibility index (Phi) is 3.62. The van der Waals surface area contributed by atoms with E-state index in [-0.39, 0.29) is 10.6 Å². The highest BCUT2D eigenvalue weighted by Crippen LogP contribution is 2.23. The largest absolute Gasteiger partial charge is 0.380 e. The molecule has 0 fully saturated rings. The summed E-state index contributed by atoms with van der Waals surface area (Å²) in [6.45, 7) is 0. The van der Waals surface area contributed by atoms with Crippen molar-refractivity contribution in [1.82, 2.24) is 0 Å². The van der Waals surface area contributed by atoms with Gasteiger partial charge in [0.25, 0.3) is 0 Å². The monoisotopic (exact) mass is 256 g/mol. The van der Waals surface area contributed by atoms with Gasteiger partial charge in [0, 0.05) is 6.42 Å². The molecule has 1 nitrogen and oxygen atoms in total. The quantitative estimate of drug-likeness (QED) is 0.758. The van der Waals surface area contributed by atoms with Gasteiger partial charge in [0.15, 0.2) is 0 Å². The van der Waals surface area contributed by atoms with Gasteiger partial charge in [-0.05, 0) is 29.3 Å². The third-order valence-electron chi connectivity index (χ3n) is 1.66. The first-order valence-corrected chi connectivity index (χ1v) is 4.60. The summed E-state index contributed by atoms with van der Waals surface area (Å²) in [4.78, 5) is 10.8. The molecule has 1 aromatic rings. The van der Waals surface area contributed by atoms with Crippen molar-refractivity contribution in [2.75, 3.05) is 0 Å². The average molecular weight is 257 g/mol. The fourth-order valence-corrected chi connectivity index (χ4v) is 1.21. The van der Waals surface area contributed by atoms with E-state index in [9.17, 15) is 18.0 Å². The number of hydrogen-bond acceptors (Lipinski definition) is 1. The summed E-state index contributed by atoms with van der Waals surface area (Å²) in [6, 6.07) is 3.30. The number of rotatable bonds is 3. The fraction of sp³-hybridized carbons (Fsp3) is 0.222. The van der Waals surface area contributed by atoms with E-state index in [2.05, 4.69) is 11.6 Å². The predicted octanol–water partition coefficient (Wildman–Crippen LogP) is 3.42. The maximum Gasteiger partial charge on any atom is 0.380 e. The van der Waals surface area contributed by atoms with Crippen molar-refractivity contribution in [3.05, 3.63) is 34.6 Å². The summed E-state index contributed by atoms with van der Waals surface area (Å²) in [6.07, 6.45) is -0.587. The normalized spacial score (nSPS) is 11.5. The molecule has 0 amide bonds. The SMILES string of the molecule is O=C(Cc1ccc(F)c(Cl)c1)C(F)(F)Cl. The van der Waals surface area contributed by atoms with Gasteiger partial charge < -0.3 is 0 Å². The molecule has 0 aliphatic heterocycles. The van der Waals surface area contributed by atoms with Crippen LogP contribution in [0.2, 0.25) is 5.02 Å². The van der Waals surface area contributed by atoms with Crippen LogP contribution in [0.4, 0.5) is 13.2 Å². The molecule has 0 N–H and O–H groups in total. The summed E-state index contributed by atoms with van der Waals surface area (Å²) in [5, 5.41) is -4.13. The van der Waals surface area contributed by atoms with Gasteiger partial charge >= 0.3 is 5.38 Å². The van der Waals surface area contributed by atoms with Gasteiger partial charge in [0.2, 0.25) is 5.78 Å². The zero-order valence-electron chi connectivity index (χ0n) is 7.24. The summed E-state index contributed by atoms with van der Waals surface area (Å²) in [7, 11) is 0. The number of Topliss-reactive ketones (excluding diaryl/α,β-unsaturated/α-hetero) is 1. The van der Waals surface area contributed by atoms with Crippen LogP contribution in [0.5, 0.6) is 0 Å². The van der Waals surface area contributed by atoms with Gasteiger partial charge in [0.05, 0.1) is 5.02 Å². The molecule has 0 saturated heterocycles. The van der Waals surface area contributed by atoms with Crippen molar-refractivity contribution in [3.8, 4) is 0 Å². The minimum Gasteiger partial charge on any atom is -0.291 e. The number of hydrogen-bond donors (Lipinski definition) is 0. The smallest absolute Gasteiger partial charge is 0.291 e. The van der Waals surface area contributed by atoms with Crippen LogP contribution < -0.4 is 0 Å². The lowest BCUT2D eigenvalue weighted by atomic mass is 10.1. The Bertz CT molecular complexity index is 387. The number of carbonyl (C=O) groups is 1. The Hall–Kier alpha value is -0.740. The maximum atomic E-state index is 12.7. The van der Waals surface area contributed by atoms with E-state index in [4.69, 9.17) is 11.6 Å². The van der Waals surface area contributed by atoms with Crippen LogP contribution in [-0.2, 0) is 11.2 Å². The van der Waals surface area contributed by atoms with Crippen molar-refractivity contribution in [2.45, 2.75) is 11.8 Å². The Morgan fingerprint density at radius 2 is 2.00 bits per heavy atom. The minimum absolute atomic E-state index is 0.187. The molecule has 0 radical (unpaired) electrons. The molecule has 0 unspecified atom stereocenters. The van der Waals surface area contributed by atoms with Crippen molar-refractivity contribution < 1.29 is 18.0 Å². The van der Waals surface area contributed by atoms with E-state index >= 15 is 0 Å². The van der Waals surface area contributed by atoms with Gasteiger partial charge in [0.1, 0.15) is 5.82 Å². The van der Waals surface area contributed by atoms with Crippen LogP contribution in [0.1, 0.15) is 5.56 Å². The van der Waals surface area contributed by atoms with Gasteiger partial charge in [-0.1, -0.05) is 17.7 Å². The zero-order chi connectivity index (χ0) is 11.6. The van der Waals surface area contributed by atoms with Crippen molar-refractivity contribution in [2.24, 2.45) is 0 Å². The number of carbonyl (C=O) groups excluding carboxylic acids is 1. The molecule has 0 aromatic heterocycles. The molecule has 0 spiro atoms. The standard InChI is InChI=1S/C9H5Cl2F3O/c10-6-3-5(1-2-7(6)12)4-8(15)9(11,13)14/h1-3H,4H2. The van der Waals surface area contributed by atoms with Crippen LogP contribution in [-0.4, -0.2) is 11.2 Å². The molecule has 6 heteroatoms. The molecule has 0 heterocycles. The van der Waals surface area contributed by atoms with E-state index in [1.165, 1.54) is 6.07 Å². The molecular formula is C9H5Cl2F3O. The molecule has 0 saturated carbocycles. The molecule has 15 heavy (non-hydrogen) atoms. The first kappa shape index (κ1) is 12.3. The van der Waals surface area contributed by atoms with E-state index in [0.29, 0.717) is 0 Å². The van der Waals surface area contributed by atoms with Gasteiger partial charge in [-0.25, -0.2) is 4.39 Å². The fourth-order valence-electron chi connectivity index (χ4n) is 0.935. The topological polar surface area (TPSA) is 17.1 Å². The summed E-state index contributed by atoms with van der Waals surface area (Å²) in [5.41, 5.74) is 0.187. The Labute approximate surface area is 93.8 Å². The first-order valence-electron chi connectivity index (χ1n) is 3.84. The molecule has 0 aliphatic carbocycles. The number of halogens is 5. The van der Waals surface area contributed by atoms with E-state index in [1.54, 1.807) is 0 Å². The lowest BCUT2D eigenvalue weighted by molar-refractivity contribution is -0.132. The molecule has 82 valence electrons. The third kappa shape index (κ3) is 3.39. The van der Waals surface area contributed by atoms with E-state index in [0.717, 1.165) is 12.1 Å². The second-order valence-corrected chi connectivity index (χ2v) is 3.73. The Morgan fingerprint density at radius 1 is 1.40 bits per heavy atom. The highest BCUT2D eigenvalue weighted by molar-refractivity contribution is 6.33. The molecule has 0 atom stereocenters. The summed E-state index contributed by atoms with van der Waals surface area (Å²) < 4.78 is 37.3. The molecule has 0 bridgehead atoms. The molecule has 1 aromatic carbocycles. The van der Waals surface area contributed by atoms with Gasteiger partial charge in [-0.15, -0.1) is 0 Å². The van der Waals surface area contributed by atoms with Crippen molar-refractivity contribution in [3.63, 3.8) is 0 Å². The van der Waals surface area contributed by atoms with Crippen molar-refractivity contribution >= 4 is 29.0 Å². The van der Waals surface area contributed by atoms with Crippen molar-refractivity contribution in [1.29, 1.82) is 0 Å². The lowest BCUT2D eigenvalue weighted by Gasteiger charge is -2.06. The number of ketones is 1. The van der Waals surface area contributed by atoms with Crippen LogP contribution in [0.3, 0.4) is 0 Å². The molecule has 0 aliphatic rings. The average Bonchev–Trinajstić information content (AvgIpc) is 2.10. The minimum atomic E-state index is -3.90. The predicted molar refractivity (Wildman–Crippen MR) is 50.9 cm³/mol. The van der Waals surface area contributed by atoms with Crippen LogP contribution in [0.25, 0.3) is 0 Å². The molecule has 1 rings (SSSR count). The highest BCUT2D eigenvalue weighted by Gasteiger charge is 2.34. The Balaban J connectivity index is 2.83. The number of benzene rings is 1. The van der Waals surface area contributed by atoms with Crippen LogP contribution >= 0.6 is 23.2 Å². The Morgan fingerprint density at radius 3 is 2.47 bits per heavy atom. The van der Waals surface area contributed by atoms with Gasteiger partial charge in [-0.2, -0.15) is 8.78 Å². The van der Waals surface area contributed by atoms with Crippen LogP contribution in [0.15, 0.2) is 18.2 Å². The summed E-state index contributed by atoms with van der Waals surface area (Å²) >= 11 is 9.92. The third-order valence-corrected chi connectivity index (χ3v) is 2.17. The molecular weight excluding hydrogens is 252 g/mol. The lowest BCUT2D eigenvalue weighted by Crippen LogP contribution is -2.23. The van der Waals surface area contributed by atoms with E-state index in [1.807, 2.05) is 0 Å². The second-order valence-electron chi connectivity index (χ2n) is 2.85. The maximum absolute atomic E-state index is 12.7. The zero-order valence-corrected chi connectivity index (χ0v) is 8.75. The summed E-state index contributed by atoms with van der Waals surface area (Å²) in [5.74, 6) is -2.13. The van der Waals surface area contributed by atoms with Gasteiger partial charge in [-0.3, -0.25) is 4.79 Å². The highest BCUT2D eigenvalue weighted by atomic mass is 35.5. The van der Waals surface area contributed by atoms with E-state index < -0.39 is 23.4 Å². The second kappa shape index (κ2) is 4.41. The number of alkyl halides is 3. The van der Waals surface area contributed by atoms with Crippen LogP contribution in [0, 0.1) is 5.82 Å². The first-order chi connectivity index (χ1) is 6.80.